The molecule has 0 aliphatic rings. The monoisotopic (exact) mass is 220 g/mol. The molecule has 0 fully saturated rings. The van der Waals surface area contributed by atoms with E-state index in [1.807, 2.05) is 0 Å². The predicted octanol–water partition coefficient (Wildman–Crippen LogP) is 0.896. The summed E-state index contributed by atoms with van der Waals surface area (Å²) in [5.41, 5.74) is 0.623. The molecule has 0 aliphatic carbocycles. The summed E-state index contributed by atoms with van der Waals surface area (Å²) in [7, 11) is 1.68. The minimum atomic E-state index is -0.467. The fourth-order valence-corrected chi connectivity index (χ4v) is 1.58. The van der Waals surface area contributed by atoms with E-state index < -0.39 is 5.56 Å². The van der Waals surface area contributed by atoms with Gasteiger partial charge in [0, 0.05) is 7.05 Å². The highest BCUT2D eigenvalue weighted by molar-refractivity contribution is 5.38. The molecular formula is C11H12N2O3. The van der Waals surface area contributed by atoms with E-state index in [0.29, 0.717) is 11.4 Å². The highest BCUT2D eigenvalue weighted by Gasteiger charge is 2.14. The van der Waals surface area contributed by atoms with E-state index in [-0.39, 0.29) is 11.5 Å². The molecule has 5 nitrogen and oxygen atoms in total. The van der Waals surface area contributed by atoms with Gasteiger partial charge in [-0.1, -0.05) is 0 Å². The van der Waals surface area contributed by atoms with Gasteiger partial charge in [0.2, 0.25) is 5.75 Å². The number of aromatic hydroxyl groups is 2. The van der Waals surface area contributed by atoms with Crippen molar-refractivity contribution in [2.75, 3.05) is 0 Å². The SMILES string of the molecule is Cc1c(O)c(=O)n(-c2ccc(O)cc2)n1C. The van der Waals surface area contributed by atoms with Gasteiger partial charge in [0.1, 0.15) is 5.75 Å². The topological polar surface area (TPSA) is 67.4 Å². The van der Waals surface area contributed by atoms with Crippen LogP contribution in [-0.2, 0) is 7.05 Å². The third-order valence-electron chi connectivity index (χ3n) is 2.62. The number of nitrogens with zero attached hydrogens (tertiary/aromatic N) is 2. The van der Waals surface area contributed by atoms with Gasteiger partial charge in [-0.25, -0.2) is 4.68 Å². The second-order valence-corrected chi connectivity index (χ2v) is 3.59. The molecule has 0 unspecified atom stereocenters. The van der Waals surface area contributed by atoms with Crippen LogP contribution in [0.15, 0.2) is 29.1 Å². The standard InChI is InChI=1S/C11H12N2O3/c1-7-10(15)11(16)13(12(7)2)8-3-5-9(14)6-4-8/h3-6,14-15H,1-2H3. The Labute approximate surface area is 91.8 Å². The highest BCUT2D eigenvalue weighted by Crippen LogP contribution is 2.16. The summed E-state index contributed by atoms with van der Waals surface area (Å²) in [6, 6.07) is 6.19. The number of hydrogen-bond acceptors (Lipinski definition) is 3. The van der Waals surface area contributed by atoms with Gasteiger partial charge in [0.05, 0.1) is 11.4 Å². The van der Waals surface area contributed by atoms with E-state index in [1.54, 1.807) is 30.8 Å². The first-order valence-corrected chi connectivity index (χ1v) is 4.79. The molecule has 0 bridgehead atoms. The molecule has 2 aromatic rings. The van der Waals surface area contributed by atoms with Crippen molar-refractivity contribution in [2.24, 2.45) is 7.05 Å². The van der Waals surface area contributed by atoms with E-state index in [1.165, 1.54) is 16.8 Å². The quantitative estimate of drug-likeness (QED) is 0.750. The number of hydrogen-bond donors (Lipinski definition) is 2. The molecule has 1 aromatic carbocycles. The number of aromatic nitrogens is 2. The fraction of sp³-hybridized carbons (Fsp3) is 0.182. The summed E-state index contributed by atoms with van der Waals surface area (Å²) in [5, 5.41) is 18.7. The van der Waals surface area contributed by atoms with Crippen molar-refractivity contribution in [1.82, 2.24) is 9.36 Å². The summed E-state index contributed by atoms with van der Waals surface area (Å²) in [6.45, 7) is 1.66. The van der Waals surface area contributed by atoms with Gasteiger partial charge in [0.15, 0.2) is 0 Å². The van der Waals surface area contributed by atoms with Crippen molar-refractivity contribution in [3.63, 3.8) is 0 Å². The number of benzene rings is 1. The van der Waals surface area contributed by atoms with Crippen molar-refractivity contribution in [3.8, 4) is 17.2 Å². The molecule has 0 atom stereocenters. The summed E-state index contributed by atoms with van der Waals surface area (Å²) >= 11 is 0. The van der Waals surface area contributed by atoms with Crippen LogP contribution in [0.2, 0.25) is 0 Å². The zero-order chi connectivity index (χ0) is 11.9. The first-order chi connectivity index (χ1) is 7.52. The van der Waals surface area contributed by atoms with E-state index >= 15 is 0 Å². The number of phenols is 1. The molecule has 0 spiro atoms. The molecule has 0 aliphatic heterocycles. The van der Waals surface area contributed by atoms with Crippen molar-refractivity contribution in [1.29, 1.82) is 0 Å². The summed E-state index contributed by atoms with van der Waals surface area (Å²) < 4.78 is 2.90. The molecule has 84 valence electrons. The van der Waals surface area contributed by atoms with Crippen LogP contribution < -0.4 is 5.56 Å². The third-order valence-corrected chi connectivity index (χ3v) is 2.62. The lowest BCUT2D eigenvalue weighted by Crippen LogP contribution is -2.19. The van der Waals surface area contributed by atoms with Crippen LogP contribution >= 0.6 is 0 Å². The third kappa shape index (κ3) is 1.37. The molecule has 0 saturated carbocycles. The van der Waals surface area contributed by atoms with Gasteiger partial charge in [0.25, 0.3) is 0 Å². The molecule has 0 saturated heterocycles. The largest absolute Gasteiger partial charge is 0.508 e. The maximum absolute atomic E-state index is 11.7. The van der Waals surface area contributed by atoms with Crippen molar-refractivity contribution in [2.45, 2.75) is 6.92 Å². The molecule has 2 rings (SSSR count). The average molecular weight is 220 g/mol. The van der Waals surface area contributed by atoms with Crippen molar-refractivity contribution in [3.05, 3.63) is 40.3 Å². The average Bonchev–Trinajstić information content (AvgIpc) is 2.46. The predicted molar refractivity (Wildman–Crippen MR) is 59.1 cm³/mol. The Bertz CT molecular complexity index is 579. The Morgan fingerprint density at radius 3 is 2.12 bits per heavy atom. The van der Waals surface area contributed by atoms with Crippen molar-refractivity contribution >= 4 is 0 Å². The van der Waals surface area contributed by atoms with Gasteiger partial charge >= 0.3 is 5.56 Å². The molecule has 2 N–H and O–H groups in total. The van der Waals surface area contributed by atoms with E-state index in [9.17, 15) is 9.90 Å². The smallest absolute Gasteiger partial charge is 0.313 e. The molecule has 0 amide bonds. The Morgan fingerprint density at radius 1 is 1.12 bits per heavy atom. The van der Waals surface area contributed by atoms with E-state index in [0.717, 1.165) is 0 Å². The highest BCUT2D eigenvalue weighted by atomic mass is 16.3. The lowest BCUT2D eigenvalue weighted by atomic mass is 10.3. The minimum Gasteiger partial charge on any atom is -0.508 e. The fourth-order valence-electron chi connectivity index (χ4n) is 1.58. The van der Waals surface area contributed by atoms with Crippen molar-refractivity contribution < 1.29 is 10.2 Å². The van der Waals surface area contributed by atoms with Crippen LogP contribution in [0, 0.1) is 6.92 Å². The Kier molecular flexibility index (Phi) is 2.23. The van der Waals surface area contributed by atoms with Crippen LogP contribution in [0.4, 0.5) is 0 Å². The number of phenolic OH excluding ortho intramolecular Hbond substituents is 1. The van der Waals surface area contributed by atoms with Crippen LogP contribution in [0.25, 0.3) is 5.69 Å². The molecule has 1 aromatic heterocycles. The molecule has 16 heavy (non-hydrogen) atoms. The molecule has 0 radical (unpaired) electrons. The number of rotatable bonds is 1. The van der Waals surface area contributed by atoms with Gasteiger partial charge in [-0.15, -0.1) is 0 Å². The molecule has 5 heteroatoms. The second kappa shape index (κ2) is 3.44. The van der Waals surface area contributed by atoms with Gasteiger partial charge < -0.3 is 10.2 Å². The van der Waals surface area contributed by atoms with Gasteiger partial charge in [-0.05, 0) is 31.2 Å². The molecule has 1 heterocycles. The first kappa shape index (κ1) is 10.4. The first-order valence-electron chi connectivity index (χ1n) is 4.79. The Morgan fingerprint density at radius 2 is 1.69 bits per heavy atom. The summed E-state index contributed by atoms with van der Waals surface area (Å²) in [4.78, 5) is 11.7. The zero-order valence-electron chi connectivity index (χ0n) is 9.01. The Balaban J connectivity index is 2.70. The van der Waals surface area contributed by atoms with E-state index in [4.69, 9.17) is 5.11 Å². The van der Waals surface area contributed by atoms with Crippen LogP contribution in [0.3, 0.4) is 0 Å². The Hall–Kier alpha value is -2.17. The van der Waals surface area contributed by atoms with Gasteiger partial charge in [-0.2, -0.15) is 0 Å². The van der Waals surface area contributed by atoms with Gasteiger partial charge in [-0.3, -0.25) is 9.48 Å². The normalized spacial score (nSPS) is 10.6. The maximum Gasteiger partial charge on any atom is 0.313 e. The summed E-state index contributed by atoms with van der Waals surface area (Å²) in [6.07, 6.45) is 0. The zero-order valence-corrected chi connectivity index (χ0v) is 9.01. The van der Waals surface area contributed by atoms with Crippen LogP contribution in [-0.4, -0.2) is 19.6 Å². The molecular weight excluding hydrogens is 208 g/mol. The van der Waals surface area contributed by atoms with Crippen LogP contribution in [0.1, 0.15) is 5.69 Å². The van der Waals surface area contributed by atoms with Crippen LogP contribution in [0.5, 0.6) is 11.5 Å². The second-order valence-electron chi connectivity index (χ2n) is 3.59. The minimum absolute atomic E-state index is 0.131. The maximum atomic E-state index is 11.7. The van der Waals surface area contributed by atoms with E-state index in [2.05, 4.69) is 0 Å². The summed E-state index contributed by atoms with van der Waals surface area (Å²) in [5.74, 6) is -0.123. The lowest BCUT2D eigenvalue weighted by molar-refractivity contribution is 0.465. The lowest BCUT2D eigenvalue weighted by Gasteiger charge is -2.07.